The summed E-state index contributed by atoms with van der Waals surface area (Å²) in [5.41, 5.74) is 0.368. The van der Waals surface area contributed by atoms with Gasteiger partial charge in [0, 0.05) is 29.4 Å². The summed E-state index contributed by atoms with van der Waals surface area (Å²) >= 11 is 1.58. The van der Waals surface area contributed by atoms with Gasteiger partial charge in [0.05, 0.1) is 6.42 Å². The standard InChI is InChI=1S/C19H17F2N3O2S/c20-15-4-3-13(10-16(15)21)18-22-19(26-23-18)12-5-7-24(8-6-12)17(25)11-14-2-1-9-27-14/h1-4,9-10,12H,5-8,11H2. The molecule has 1 saturated heterocycles. The zero-order valence-corrected chi connectivity index (χ0v) is 15.2. The van der Waals surface area contributed by atoms with Gasteiger partial charge < -0.3 is 9.42 Å². The number of amides is 1. The van der Waals surface area contributed by atoms with Gasteiger partial charge in [-0.05, 0) is 42.5 Å². The Balaban J connectivity index is 1.38. The summed E-state index contributed by atoms with van der Waals surface area (Å²) in [5, 5.41) is 5.85. The van der Waals surface area contributed by atoms with Crippen LogP contribution in [-0.2, 0) is 11.2 Å². The average molecular weight is 389 g/mol. The number of hydrogen-bond acceptors (Lipinski definition) is 5. The number of aromatic nitrogens is 2. The summed E-state index contributed by atoms with van der Waals surface area (Å²) in [4.78, 5) is 19.6. The summed E-state index contributed by atoms with van der Waals surface area (Å²) in [6.07, 6.45) is 1.90. The second-order valence-electron chi connectivity index (χ2n) is 6.50. The molecule has 1 aliphatic heterocycles. The molecule has 0 aliphatic carbocycles. The fourth-order valence-electron chi connectivity index (χ4n) is 3.20. The predicted octanol–water partition coefficient (Wildman–Crippen LogP) is 4.03. The third kappa shape index (κ3) is 3.90. The molecule has 1 amide bonds. The Morgan fingerprint density at radius 3 is 2.74 bits per heavy atom. The number of likely N-dealkylation sites (tertiary alicyclic amines) is 1. The summed E-state index contributed by atoms with van der Waals surface area (Å²) < 4.78 is 31.8. The van der Waals surface area contributed by atoms with Crippen molar-refractivity contribution in [3.05, 3.63) is 58.1 Å². The SMILES string of the molecule is O=C(Cc1cccs1)N1CCC(c2nc(-c3ccc(F)c(F)c3)no2)CC1. The van der Waals surface area contributed by atoms with E-state index in [1.165, 1.54) is 6.07 Å². The average Bonchev–Trinajstić information content (AvgIpc) is 3.36. The molecule has 0 spiro atoms. The van der Waals surface area contributed by atoms with Gasteiger partial charge >= 0.3 is 0 Å². The third-order valence-corrected chi connectivity index (χ3v) is 5.60. The largest absolute Gasteiger partial charge is 0.342 e. The van der Waals surface area contributed by atoms with E-state index in [2.05, 4.69) is 10.1 Å². The lowest BCUT2D eigenvalue weighted by atomic mass is 9.96. The van der Waals surface area contributed by atoms with Crippen molar-refractivity contribution < 1.29 is 18.1 Å². The fourth-order valence-corrected chi connectivity index (χ4v) is 3.90. The molecule has 3 heterocycles. The normalized spacial score (nSPS) is 15.3. The lowest BCUT2D eigenvalue weighted by Gasteiger charge is -2.30. The number of halogens is 2. The Labute approximate surface area is 158 Å². The molecule has 4 rings (SSSR count). The molecule has 0 bridgehead atoms. The van der Waals surface area contributed by atoms with Crippen LogP contribution in [0.3, 0.4) is 0 Å². The van der Waals surface area contributed by atoms with Crippen molar-refractivity contribution in [3.8, 4) is 11.4 Å². The van der Waals surface area contributed by atoms with E-state index in [9.17, 15) is 13.6 Å². The number of piperidine rings is 1. The van der Waals surface area contributed by atoms with Gasteiger partial charge in [0.2, 0.25) is 17.6 Å². The molecule has 5 nitrogen and oxygen atoms in total. The Morgan fingerprint density at radius 1 is 1.22 bits per heavy atom. The fraction of sp³-hybridized carbons (Fsp3) is 0.316. The van der Waals surface area contributed by atoms with E-state index in [1.807, 2.05) is 22.4 Å². The molecule has 1 fully saturated rings. The highest BCUT2D eigenvalue weighted by Crippen LogP contribution is 2.29. The number of rotatable bonds is 4. The topological polar surface area (TPSA) is 59.2 Å². The van der Waals surface area contributed by atoms with Gasteiger partial charge in [-0.2, -0.15) is 4.98 Å². The monoisotopic (exact) mass is 389 g/mol. The van der Waals surface area contributed by atoms with Crippen molar-refractivity contribution in [2.45, 2.75) is 25.2 Å². The van der Waals surface area contributed by atoms with Crippen LogP contribution in [0.2, 0.25) is 0 Å². The van der Waals surface area contributed by atoms with Crippen LogP contribution in [0.4, 0.5) is 8.78 Å². The zero-order valence-electron chi connectivity index (χ0n) is 14.4. The van der Waals surface area contributed by atoms with Gasteiger partial charge in [0.25, 0.3) is 0 Å². The zero-order chi connectivity index (χ0) is 18.8. The Hall–Kier alpha value is -2.61. The molecule has 1 aliphatic rings. The molecule has 0 unspecified atom stereocenters. The van der Waals surface area contributed by atoms with Crippen molar-refractivity contribution in [1.82, 2.24) is 15.0 Å². The first-order valence-corrected chi connectivity index (χ1v) is 9.57. The smallest absolute Gasteiger partial charge is 0.230 e. The van der Waals surface area contributed by atoms with Crippen molar-refractivity contribution in [1.29, 1.82) is 0 Å². The maximum atomic E-state index is 13.4. The van der Waals surface area contributed by atoms with E-state index in [-0.39, 0.29) is 17.6 Å². The minimum atomic E-state index is -0.948. The van der Waals surface area contributed by atoms with Gasteiger partial charge in [-0.15, -0.1) is 11.3 Å². The highest BCUT2D eigenvalue weighted by Gasteiger charge is 2.27. The molecule has 0 N–H and O–H groups in total. The molecule has 8 heteroatoms. The number of nitrogens with zero attached hydrogens (tertiary/aromatic N) is 3. The van der Waals surface area contributed by atoms with Crippen LogP contribution in [0.25, 0.3) is 11.4 Å². The van der Waals surface area contributed by atoms with Gasteiger partial charge in [0.15, 0.2) is 11.6 Å². The second kappa shape index (κ2) is 7.56. The highest BCUT2D eigenvalue weighted by molar-refractivity contribution is 7.10. The molecule has 1 aromatic carbocycles. The predicted molar refractivity (Wildman–Crippen MR) is 96.2 cm³/mol. The van der Waals surface area contributed by atoms with Gasteiger partial charge in [-0.1, -0.05) is 11.2 Å². The van der Waals surface area contributed by atoms with Gasteiger partial charge in [-0.3, -0.25) is 4.79 Å². The van der Waals surface area contributed by atoms with Crippen molar-refractivity contribution >= 4 is 17.2 Å². The van der Waals surface area contributed by atoms with Crippen LogP contribution in [-0.4, -0.2) is 34.0 Å². The Bertz CT molecular complexity index is 934. The van der Waals surface area contributed by atoms with Crippen LogP contribution < -0.4 is 0 Å². The number of carbonyl (C=O) groups is 1. The van der Waals surface area contributed by atoms with E-state index >= 15 is 0 Å². The highest BCUT2D eigenvalue weighted by atomic mass is 32.1. The lowest BCUT2D eigenvalue weighted by Crippen LogP contribution is -2.38. The Morgan fingerprint density at radius 2 is 2.04 bits per heavy atom. The lowest BCUT2D eigenvalue weighted by molar-refractivity contribution is -0.131. The maximum absolute atomic E-state index is 13.4. The quantitative estimate of drug-likeness (QED) is 0.676. The summed E-state index contributed by atoms with van der Waals surface area (Å²) in [6.45, 7) is 1.27. The first-order chi connectivity index (χ1) is 13.1. The molecule has 27 heavy (non-hydrogen) atoms. The van der Waals surface area contributed by atoms with Crippen LogP contribution >= 0.6 is 11.3 Å². The first-order valence-electron chi connectivity index (χ1n) is 8.69. The van der Waals surface area contributed by atoms with E-state index in [1.54, 1.807) is 11.3 Å². The van der Waals surface area contributed by atoms with E-state index in [0.29, 0.717) is 31.0 Å². The second-order valence-corrected chi connectivity index (χ2v) is 7.53. The molecule has 0 radical (unpaired) electrons. The maximum Gasteiger partial charge on any atom is 0.230 e. The first kappa shape index (κ1) is 17.8. The number of carbonyl (C=O) groups excluding carboxylic acids is 1. The molecule has 2 aromatic heterocycles. The Kier molecular flexibility index (Phi) is 4.98. The summed E-state index contributed by atoms with van der Waals surface area (Å²) in [6, 6.07) is 7.42. The van der Waals surface area contributed by atoms with E-state index in [4.69, 9.17) is 4.52 Å². The minimum Gasteiger partial charge on any atom is -0.342 e. The molecule has 0 saturated carbocycles. The summed E-state index contributed by atoms with van der Waals surface area (Å²) in [5.74, 6) is -0.968. The summed E-state index contributed by atoms with van der Waals surface area (Å²) in [7, 11) is 0. The van der Waals surface area contributed by atoms with Crippen LogP contribution in [0.5, 0.6) is 0 Å². The number of thiophene rings is 1. The van der Waals surface area contributed by atoms with E-state index < -0.39 is 11.6 Å². The molecular formula is C19H17F2N3O2S. The number of hydrogen-bond donors (Lipinski definition) is 0. The van der Waals surface area contributed by atoms with Crippen molar-refractivity contribution in [3.63, 3.8) is 0 Å². The van der Waals surface area contributed by atoms with Gasteiger partial charge in [-0.25, -0.2) is 8.78 Å². The van der Waals surface area contributed by atoms with Crippen LogP contribution in [0.15, 0.2) is 40.2 Å². The molecule has 3 aromatic rings. The van der Waals surface area contributed by atoms with Crippen molar-refractivity contribution in [2.75, 3.05) is 13.1 Å². The minimum absolute atomic E-state index is 0.0577. The molecule has 140 valence electrons. The molecule has 0 atom stereocenters. The van der Waals surface area contributed by atoms with Gasteiger partial charge in [0.1, 0.15) is 0 Å². The molecular weight excluding hydrogens is 372 g/mol. The van der Waals surface area contributed by atoms with E-state index in [0.717, 1.165) is 29.9 Å². The van der Waals surface area contributed by atoms with Crippen LogP contribution in [0.1, 0.15) is 29.5 Å². The number of benzene rings is 1. The van der Waals surface area contributed by atoms with Crippen molar-refractivity contribution in [2.24, 2.45) is 0 Å². The van der Waals surface area contributed by atoms with Crippen LogP contribution in [0, 0.1) is 11.6 Å². The third-order valence-electron chi connectivity index (χ3n) is 4.72.